The zero-order chi connectivity index (χ0) is 14.6. The molecule has 0 saturated carbocycles. The number of nitrogens with one attached hydrogen (secondary N) is 2. The first-order chi connectivity index (χ1) is 9.46. The molecule has 2 atom stereocenters. The average molecular weight is 284 g/mol. The molecule has 0 aromatic carbocycles. The Labute approximate surface area is 121 Å². The van der Waals surface area contributed by atoms with Crippen LogP contribution in [0.15, 0.2) is 0 Å². The first kappa shape index (κ1) is 15.6. The van der Waals surface area contributed by atoms with Gasteiger partial charge in [-0.05, 0) is 65.5 Å². The predicted molar refractivity (Wildman–Crippen MR) is 77.7 cm³/mol. The number of piperidine rings is 1. The van der Waals surface area contributed by atoms with Gasteiger partial charge in [-0.1, -0.05) is 0 Å². The van der Waals surface area contributed by atoms with E-state index in [1.807, 2.05) is 20.8 Å². The molecule has 0 aromatic heterocycles. The van der Waals surface area contributed by atoms with Crippen LogP contribution in [0.1, 0.15) is 46.5 Å². The second-order valence-corrected chi connectivity index (χ2v) is 6.82. The molecule has 2 rings (SSSR count). The van der Waals surface area contributed by atoms with Crippen LogP contribution in [-0.4, -0.2) is 43.5 Å². The highest BCUT2D eigenvalue weighted by molar-refractivity contribution is 5.68. The number of hydrogen-bond donors (Lipinski definition) is 2. The Balaban J connectivity index is 1.91. The normalized spacial score (nSPS) is 28.9. The molecule has 0 aromatic rings. The molecular weight excluding hydrogens is 256 g/mol. The van der Waals surface area contributed by atoms with Crippen molar-refractivity contribution in [2.75, 3.05) is 19.7 Å². The number of carbonyl (C=O) groups is 1. The van der Waals surface area contributed by atoms with Gasteiger partial charge in [0.05, 0.1) is 12.1 Å². The number of amides is 1. The van der Waals surface area contributed by atoms with Crippen LogP contribution in [0.25, 0.3) is 0 Å². The Morgan fingerprint density at radius 3 is 2.60 bits per heavy atom. The lowest BCUT2D eigenvalue weighted by Crippen LogP contribution is -2.52. The molecule has 20 heavy (non-hydrogen) atoms. The molecule has 0 radical (unpaired) electrons. The quantitative estimate of drug-likeness (QED) is 0.815. The minimum Gasteiger partial charge on any atom is -0.444 e. The monoisotopic (exact) mass is 284 g/mol. The second kappa shape index (κ2) is 6.76. The van der Waals surface area contributed by atoms with E-state index < -0.39 is 5.60 Å². The molecule has 1 amide bonds. The van der Waals surface area contributed by atoms with Crippen LogP contribution >= 0.6 is 0 Å². The van der Waals surface area contributed by atoms with Crippen molar-refractivity contribution in [3.05, 3.63) is 0 Å². The van der Waals surface area contributed by atoms with Gasteiger partial charge < -0.3 is 20.1 Å². The largest absolute Gasteiger partial charge is 0.444 e. The van der Waals surface area contributed by atoms with Gasteiger partial charge in [0.1, 0.15) is 5.60 Å². The Kier molecular flexibility index (Phi) is 5.27. The van der Waals surface area contributed by atoms with Crippen molar-refractivity contribution < 1.29 is 14.3 Å². The van der Waals surface area contributed by atoms with Crippen LogP contribution in [0.3, 0.4) is 0 Å². The third-order valence-corrected chi connectivity index (χ3v) is 3.92. The fourth-order valence-electron chi connectivity index (χ4n) is 3.05. The van der Waals surface area contributed by atoms with E-state index in [0.29, 0.717) is 5.92 Å². The molecule has 0 aliphatic carbocycles. The number of hydrogen-bond acceptors (Lipinski definition) is 4. The van der Waals surface area contributed by atoms with Crippen molar-refractivity contribution in [1.82, 2.24) is 10.6 Å². The maximum atomic E-state index is 12.0. The lowest BCUT2D eigenvalue weighted by atomic mass is 9.85. The summed E-state index contributed by atoms with van der Waals surface area (Å²) in [4.78, 5) is 12.0. The summed E-state index contributed by atoms with van der Waals surface area (Å²) in [5.41, 5.74) is -0.455. The number of ether oxygens (including phenoxy) is 2. The highest BCUT2D eigenvalue weighted by atomic mass is 16.6. The third-order valence-electron chi connectivity index (χ3n) is 3.92. The Morgan fingerprint density at radius 2 is 1.95 bits per heavy atom. The van der Waals surface area contributed by atoms with E-state index in [1.54, 1.807) is 0 Å². The molecule has 2 saturated heterocycles. The summed E-state index contributed by atoms with van der Waals surface area (Å²) in [7, 11) is 0. The first-order valence-electron chi connectivity index (χ1n) is 7.77. The lowest BCUT2D eigenvalue weighted by Gasteiger charge is -2.39. The molecule has 0 unspecified atom stereocenters. The van der Waals surface area contributed by atoms with Gasteiger partial charge in [0.25, 0.3) is 0 Å². The van der Waals surface area contributed by atoms with Crippen molar-refractivity contribution >= 4 is 6.09 Å². The summed E-state index contributed by atoms with van der Waals surface area (Å²) in [5.74, 6) is 0.538. The van der Waals surface area contributed by atoms with Gasteiger partial charge in [0.2, 0.25) is 0 Å². The Morgan fingerprint density at radius 1 is 1.25 bits per heavy atom. The van der Waals surface area contributed by atoms with Crippen molar-refractivity contribution in [2.45, 2.75) is 64.2 Å². The molecule has 2 aliphatic rings. The van der Waals surface area contributed by atoms with Crippen molar-refractivity contribution in [3.8, 4) is 0 Å². The predicted octanol–water partition coefficient (Wildman–Crippen LogP) is 2.06. The maximum Gasteiger partial charge on any atom is 0.407 e. The zero-order valence-electron chi connectivity index (χ0n) is 12.9. The standard InChI is InChI=1S/C15H28N2O3/c1-15(2,3)20-14(18)17-12-5-4-10-19-13(12)11-6-8-16-9-7-11/h11-13,16H,4-10H2,1-3H3,(H,17,18)/t12-,13+/m0/s1. The SMILES string of the molecule is CC(C)(C)OC(=O)N[C@H]1CCCO[C@@H]1C1CCNCC1. The van der Waals surface area contributed by atoms with Gasteiger partial charge in [-0.15, -0.1) is 0 Å². The van der Waals surface area contributed by atoms with E-state index in [1.165, 1.54) is 0 Å². The highest BCUT2D eigenvalue weighted by Gasteiger charge is 2.35. The van der Waals surface area contributed by atoms with Crippen LogP contribution in [0.2, 0.25) is 0 Å². The summed E-state index contributed by atoms with van der Waals surface area (Å²) in [6, 6.07) is 0.0849. The van der Waals surface area contributed by atoms with Gasteiger partial charge >= 0.3 is 6.09 Å². The summed E-state index contributed by atoms with van der Waals surface area (Å²) < 4.78 is 11.3. The fourth-order valence-corrected chi connectivity index (χ4v) is 3.05. The summed E-state index contributed by atoms with van der Waals surface area (Å²) in [6.45, 7) is 8.55. The number of alkyl carbamates (subject to hydrolysis) is 1. The Hall–Kier alpha value is -0.810. The molecule has 116 valence electrons. The molecule has 2 fully saturated rings. The van der Waals surface area contributed by atoms with Crippen molar-refractivity contribution in [3.63, 3.8) is 0 Å². The Bertz CT molecular complexity index is 322. The van der Waals surface area contributed by atoms with Gasteiger partial charge in [-0.25, -0.2) is 4.79 Å². The van der Waals surface area contributed by atoms with E-state index in [-0.39, 0.29) is 18.2 Å². The topological polar surface area (TPSA) is 59.6 Å². The smallest absolute Gasteiger partial charge is 0.407 e. The number of rotatable bonds is 2. The average Bonchev–Trinajstić information content (AvgIpc) is 2.38. The van der Waals surface area contributed by atoms with Gasteiger partial charge in [-0.3, -0.25) is 0 Å². The molecule has 5 nitrogen and oxygen atoms in total. The van der Waals surface area contributed by atoms with Gasteiger partial charge in [-0.2, -0.15) is 0 Å². The van der Waals surface area contributed by atoms with Gasteiger partial charge in [0.15, 0.2) is 0 Å². The van der Waals surface area contributed by atoms with Crippen LogP contribution in [0, 0.1) is 5.92 Å². The highest BCUT2D eigenvalue weighted by Crippen LogP contribution is 2.27. The lowest BCUT2D eigenvalue weighted by molar-refractivity contribution is -0.0523. The van der Waals surface area contributed by atoms with Crippen molar-refractivity contribution in [2.24, 2.45) is 5.92 Å². The summed E-state index contributed by atoms with van der Waals surface area (Å²) >= 11 is 0. The maximum absolute atomic E-state index is 12.0. The van der Waals surface area contributed by atoms with E-state index in [9.17, 15) is 4.79 Å². The molecule has 5 heteroatoms. The second-order valence-electron chi connectivity index (χ2n) is 6.82. The van der Waals surface area contributed by atoms with Crippen molar-refractivity contribution in [1.29, 1.82) is 0 Å². The molecule has 0 spiro atoms. The van der Waals surface area contributed by atoms with Crippen LogP contribution in [-0.2, 0) is 9.47 Å². The summed E-state index contributed by atoms with van der Waals surface area (Å²) in [5, 5.41) is 6.39. The van der Waals surface area contributed by atoms with E-state index >= 15 is 0 Å². The van der Waals surface area contributed by atoms with Gasteiger partial charge in [0, 0.05) is 6.61 Å². The first-order valence-corrected chi connectivity index (χ1v) is 7.77. The minimum atomic E-state index is -0.455. The molecule has 0 bridgehead atoms. The molecule has 2 aliphatic heterocycles. The third kappa shape index (κ3) is 4.63. The van der Waals surface area contributed by atoms with Crippen LogP contribution in [0.4, 0.5) is 4.79 Å². The van der Waals surface area contributed by atoms with Crippen LogP contribution in [0.5, 0.6) is 0 Å². The summed E-state index contributed by atoms with van der Waals surface area (Å²) in [6.07, 6.45) is 4.04. The van der Waals surface area contributed by atoms with E-state index in [2.05, 4.69) is 10.6 Å². The molecule has 2 N–H and O–H groups in total. The zero-order valence-corrected chi connectivity index (χ0v) is 12.9. The molecule has 2 heterocycles. The van der Waals surface area contributed by atoms with Crippen LogP contribution < -0.4 is 10.6 Å². The van der Waals surface area contributed by atoms with E-state index in [4.69, 9.17) is 9.47 Å². The van der Waals surface area contributed by atoms with E-state index in [0.717, 1.165) is 45.4 Å². The minimum absolute atomic E-state index is 0.0849. The molecular formula is C15H28N2O3. The number of carbonyl (C=O) groups excluding carboxylic acids is 1. The fraction of sp³-hybridized carbons (Fsp3) is 0.933.